The van der Waals surface area contributed by atoms with Crippen LogP contribution in [-0.2, 0) is 4.79 Å². The number of carbonyl (C=O) groups excluding carboxylic acids is 1. The monoisotopic (exact) mass is 304 g/mol. The van der Waals surface area contributed by atoms with Gasteiger partial charge in [-0.1, -0.05) is 56.4 Å². The summed E-state index contributed by atoms with van der Waals surface area (Å²) in [4.78, 5) is 15.1. The third-order valence-corrected chi connectivity index (χ3v) is 4.55. The van der Waals surface area contributed by atoms with Crippen LogP contribution < -0.4 is 5.73 Å². The minimum atomic E-state index is -0.498. The molecule has 1 heterocycles. The van der Waals surface area contributed by atoms with E-state index in [1.54, 1.807) is 0 Å². The average molecular weight is 304 g/mol. The van der Waals surface area contributed by atoms with Crippen molar-refractivity contribution in [2.75, 3.05) is 13.1 Å². The molecule has 3 nitrogen and oxygen atoms in total. The fraction of sp³-hybridized carbons (Fsp3) is 0.529. The van der Waals surface area contributed by atoms with Gasteiger partial charge in [0.05, 0.1) is 4.99 Å². The molecule has 21 heavy (non-hydrogen) atoms. The molecule has 1 saturated heterocycles. The molecule has 0 bridgehead atoms. The standard InChI is InChI=1S/C17H24N2OS/c1-17(2)9-6-11-19(12-10-17)16(20)14(15(18)21)13-7-4-3-5-8-13/h3-5,7-8,14H,6,9-12H2,1-2H3,(H2,18,21). The zero-order valence-corrected chi connectivity index (χ0v) is 13.7. The second-order valence-corrected chi connectivity index (χ2v) is 7.06. The Kier molecular flexibility index (Phi) is 4.99. The van der Waals surface area contributed by atoms with E-state index in [4.69, 9.17) is 18.0 Å². The summed E-state index contributed by atoms with van der Waals surface area (Å²) in [6.45, 7) is 6.12. The molecule has 4 heteroatoms. The summed E-state index contributed by atoms with van der Waals surface area (Å²) in [5.41, 5.74) is 7.05. The van der Waals surface area contributed by atoms with Crippen LogP contribution in [-0.4, -0.2) is 28.9 Å². The molecule has 1 fully saturated rings. The second kappa shape index (κ2) is 6.56. The minimum Gasteiger partial charge on any atom is -0.392 e. The van der Waals surface area contributed by atoms with Crippen LogP contribution in [0.2, 0.25) is 0 Å². The summed E-state index contributed by atoms with van der Waals surface area (Å²) in [5.74, 6) is -0.450. The first-order valence-electron chi connectivity index (χ1n) is 7.54. The molecule has 1 atom stereocenters. The van der Waals surface area contributed by atoms with E-state index in [-0.39, 0.29) is 10.9 Å². The van der Waals surface area contributed by atoms with Crippen LogP contribution in [0.1, 0.15) is 44.6 Å². The molecule has 0 aliphatic carbocycles. The predicted octanol–water partition coefficient (Wildman–Crippen LogP) is 3.10. The molecule has 114 valence electrons. The number of nitrogens with two attached hydrogens (primary N) is 1. The van der Waals surface area contributed by atoms with Crippen molar-refractivity contribution in [3.63, 3.8) is 0 Å². The van der Waals surface area contributed by atoms with Gasteiger partial charge in [0.2, 0.25) is 5.91 Å². The smallest absolute Gasteiger partial charge is 0.236 e. The first-order chi connectivity index (χ1) is 9.91. The van der Waals surface area contributed by atoms with Gasteiger partial charge in [0.25, 0.3) is 0 Å². The third-order valence-electron chi connectivity index (χ3n) is 4.32. The molecule has 0 spiro atoms. The Morgan fingerprint density at radius 2 is 1.90 bits per heavy atom. The van der Waals surface area contributed by atoms with E-state index >= 15 is 0 Å². The number of likely N-dealkylation sites (tertiary alicyclic amines) is 1. The lowest BCUT2D eigenvalue weighted by atomic mass is 9.85. The molecule has 2 rings (SSSR count). The lowest BCUT2D eigenvalue weighted by Gasteiger charge is -2.27. The van der Waals surface area contributed by atoms with Gasteiger partial charge >= 0.3 is 0 Å². The number of amides is 1. The fourth-order valence-electron chi connectivity index (χ4n) is 2.90. The highest BCUT2D eigenvalue weighted by atomic mass is 32.1. The molecule has 0 aromatic heterocycles. The van der Waals surface area contributed by atoms with Gasteiger partial charge in [-0.2, -0.15) is 0 Å². The minimum absolute atomic E-state index is 0.0476. The highest BCUT2D eigenvalue weighted by molar-refractivity contribution is 7.80. The topological polar surface area (TPSA) is 46.3 Å². The number of hydrogen-bond acceptors (Lipinski definition) is 2. The van der Waals surface area contributed by atoms with Gasteiger partial charge in [-0.25, -0.2) is 0 Å². The van der Waals surface area contributed by atoms with E-state index in [9.17, 15) is 4.79 Å². The molecule has 1 unspecified atom stereocenters. The molecule has 1 aromatic rings. The summed E-state index contributed by atoms with van der Waals surface area (Å²) in [6.07, 6.45) is 3.22. The Hall–Kier alpha value is -1.42. The van der Waals surface area contributed by atoms with Gasteiger partial charge in [0, 0.05) is 13.1 Å². The number of benzene rings is 1. The largest absolute Gasteiger partial charge is 0.392 e. The van der Waals surface area contributed by atoms with Crippen molar-refractivity contribution in [2.24, 2.45) is 11.1 Å². The summed E-state index contributed by atoms with van der Waals surface area (Å²) < 4.78 is 0. The van der Waals surface area contributed by atoms with Gasteiger partial charge < -0.3 is 10.6 Å². The SMILES string of the molecule is CC1(C)CCCN(C(=O)C(C(N)=S)c2ccccc2)CC1. The van der Waals surface area contributed by atoms with E-state index in [0.29, 0.717) is 5.41 Å². The van der Waals surface area contributed by atoms with Crippen LogP contribution in [0.5, 0.6) is 0 Å². The summed E-state index contributed by atoms with van der Waals surface area (Å²) in [5, 5.41) is 0. The van der Waals surface area contributed by atoms with Crippen molar-refractivity contribution in [1.29, 1.82) is 0 Å². The number of thiocarbonyl (C=S) groups is 1. The van der Waals surface area contributed by atoms with Crippen molar-refractivity contribution in [3.05, 3.63) is 35.9 Å². The van der Waals surface area contributed by atoms with Crippen molar-refractivity contribution in [2.45, 2.75) is 39.0 Å². The zero-order chi connectivity index (χ0) is 15.5. The Balaban J connectivity index is 2.18. The van der Waals surface area contributed by atoms with Crippen molar-refractivity contribution >= 4 is 23.1 Å². The highest BCUT2D eigenvalue weighted by Crippen LogP contribution is 2.31. The van der Waals surface area contributed by atoms with Crippen LogP contribution in [0.25, 0.3) is 0 Å². The molecule has 1 aromatic carbocycles. The van der Waals surface area contributed by atoms with Crippen LogP contribution >= 0.6 is 12.2 Å². The highest BCUT2D eigenvalue weighted by Gasteiger charge is 2.31. The lowest BCUT2D eigenvalue weighted by molar-refractivity contribution is -0.131. The molecule has 1 aliphatic heterocycles. The van der Waals surface area contributed by atoms with Crippen LogP contribution in [0.4, 0.5) is 0 Å². The first kappa shape index (κ1) is 16.0. The second-order valence-electron chi connectivity index (χ2n) is 6.59. The Labute approximate surface area is 132 Å². The molecular formula is C17H24N2OS. The first-order valence-corrected chi connectivity index (χ1v) is 7.95. The molecule has 2 N–H and O–H groups in total. The van der Waals surface area contributed by atoms with Crippen LogP contribution in [0.3, 0.4) is 0 Å². The maximum absolute atomic E-state index is 12.9. The Bertz CT molecular complexity index is 513. The van der Waals surface area contributed by atoms with Crippen molar-refractivity contribution in [3.8, 4) is 0 Å². The summed E-state index contributed by atoms with van der Waals surface area (Å²) >= 11 is 5.15. The van der Waals surface area contributed by atoms with Crippen LogP contribution in [0, 0.1) is 5.41 Å². The number of rotatable bonds is 3. The van der Waals surface area contributed by atoms with E-state index < -0.39 is 5.92 Å². The average Bonchev–Trinajstić information content (AvgIpc) is 2.60. The molecule has 1 amide bonds. The summed E-state index contributed by atoms with van der Waals surface area (Å²) in [6, 6.07) is 9.60. The van der Waals surface area contributed by atoms with E-state index in [1.165, 1.54) is 0 Å². The van der Waals surface area contributed by atoms with Gasteiger partial charge in [-0.3, -0.25) is 4.79 Å². The fourth-order valence-corrected chi connectivity index (χ4v) is 3.14. The van der Waals surface area contributed by atoms with Gasteiger partial charge in [-0.05, 0) is 30.2 Å². The lowest BCUT2D eigenvalue weighted by Crippen LogP contribution is -2.40. The van der Waals surface area contributed by atoms with E-state index in [0.717, 1.165) is 37.9 Å². The predicted molar refractivity (Wildman–Crippen MR) is 90.2 cm³/mol. The molecule has 0 radical (unpaired) electrons. The van der Waals surface area contributed by atoms with Gasteiger partial charge in [0.15, 0.2) is 0 Å². The Morgan fingerprint density at radius 3 is 2.52 bits per heavy atom. The quantitative estimate of drug-likeness (QED) is 0.873. The zero-order valence-electron chi connectivity index (χ0n) is 12.8. The summed E-state index contributed by atoms with van der Waals surface area (Å²) in [7, 11) is 0. The third kappa shape index (κ3) is 4.03. The van der Waals surface area contributed by atoms with Crippen molar-refractivity contribution < 1.29 is 4.79 Å². The number of carbonyl (C=O) groups is 1. The molecular weight excluding hydrogens is 280 g/mol. The van der Waals surface area contributed by atoms with Crippen LogP contribution in [0.15, 0.2) is 30.3 Å². The number of nitrogens with zero attached hydrogens (tertiary/aromatic N) is 1. The molecule has 1 aliphatic rings. The van der Waals surface area contributed by atoms with E-state index in [2.05, 4.69) is 13.8 Å². The number of hydrogen-bond donors (Lipinski definition) is 1. The normalized spacial score (nSPS) is 19.6. The maximum atomic E-state index is 12.9. The van der Waals surface area contributed by atoms with Gasteiger partial charge in [-0.15, -0.1) is 0 Å². The molecule has 0 saturated carbocycles. The van der Waals surface area contributed by atoms with E-state index in [1.807, 2.05) is 35.2 Å². The van der Waals surface area contributed by atoms with Gasteiger partial charge in [0.1, 0.15) is 5.92 Å². The van der Waals surface area contributed by atoms with Crippen molar-refractivity contribution in [1.82, 2.24) is 4.90 Å². The maximum Gasteiger partial charge on any atom is 0.236 e. The Morgan fingerprint density at radius 1 is 1.24 bits per heavy atom.